The van der Waals surface area contributed by atoms with Crippen LogP contribution >= 0.6 is 0 Å². The molecule has 1 aliphatic heterocycles. The van der Waals surface area contributed by atoms with Crippen molar-refractivity contribution in [3.05, 3.63) is 36.2 Å². The van der Waals surface area contributed by atoms with Crippen LogP contribution in [0.2, 0.25) is 0 Å². The van der Waals surface area contributed by atoms with E-state index in [1.54, 1.807) is 19.4 Å². The van der Waals surface area contributed by atoms with Crippen LogP contribution in [0.1, 0.15) is 33.4 Å². The molecule has 132 valence electrons. The molecule has 3 rings (SSSR count). The Kier molecular flexibility index (Phi) is 4.47. The fourth-order valence-electron chi connectivity index (χ4n) is 2.50. The van der Waals surface area contributed by atoms with Gasteiger partial charge < -0.3 is 18.8 Å². The maximum Gasteiger partial charge on any atom is 0.498 e. The van der Waals surface area contributed by atoms with Crippen LogP contribution in [0.4, 0.5) is 0 Å². The van der Waals surface area contributed by atoms with Crippen LogP contribution in [-0.2, 0) is 9.31 Å². The van der Waals surface area contributed by atoms with Gasteiger partial charge in [-0.2, -0.15) is 0 Å². The molecule has 1 aromatic heterocycles. The van der Waals surface area contributed by atoms with Crippen LogP contribution in [0, 0.1) is 6.92 Å². The summed E-state index contributed by atoms with van der Waals surface area (Å²) in [5.41, 5.74) is 0.838. The van der Waals surface area contributed by atoms with Gasteiger partial charge in [0, 0.05) is 23.4 Å². The summed E-state index contributed by atoms with van der Waals surface area (Å²) in [6, 6.07) is 7.60. The van der Waals surface area contributed by atoms with Gasteiger partial charge in [-0.05, 0) is 46.8 Å². The van der Waals surface area contributed by atoms with E-state index >= 15 is 0 Å². The normalized spacial score (nSPS) is 18.2. The molecule has 0 unspecified atom stereocenters. The Balaban J connectivity index is 1.86. The van der Waals surface area contributed by atoms with Crippen LogP contribution in [0.25, 0.3) is 0 Å². The fourth-order valence-corrected chi connectivity index (χ4v) is 2.50. The molecular formula is C18H23BN2O4. The molecule has 0 N–H and O–H groups in total. The molecule has 25 heavy (non-hydrogen) atoms. The maximum absolute atomic E-state index is 6.10. The van der Waals surface area contributed by atoms with Gasteiger partial charge in [0.05, 0.1) is 18.3 Å². The van der Waals surface area contributed by atoms with Crippen molar-refractivity contribution in [2.45, 2.75) is 45.8 Å². The van der Waals surface area contributed by atoms with Gasteiger partial charge in [0.1, 0.15) is 11.5 Å². The summed E-state index contributed by atoms with van der Waals surface area (Å²) in [4.78, 5) is 8.34. The zero-order valence-corrected chi connectivity index (χ0v) is 15.5. The zero-order chi connectivity index (χ0) is 18.2. The van der Waals surface area contributed by atoms with Crippen LogP contribution in [0.5, 0.6) is 17.5 Å². The molecule has 0 bridgehead atoms. The third kappa shape index (κ3) is 3.48. The number of aryl methyl sites for hydroxylation is 1. The third-order valence-electron chi connectivity index (χ3n) is 4.69. The number of nitrogens with zero attached hydrogens (tertiary/aromatic N) is 2. The Morgan fingerprint density at radius 2 is 1.72 bits per heavy atom. The minimum absolute atomic E-state index is 0.297. The molecule has 1 saturated heterocycles. The van der Waals surface area contributed by atoms with Gasteiger partial charge in [-0.3, -0.25) is 0 Å². The minimum atomic E-state index is -0.496. The first kappa shape index (κ1) is 17.7. The Morgan fingerprint density at radius 1 is 1.04 bits per heavy atom. The van der Waals surface area contributed by atoms with E-state index < -0.39 is 18.3 Å². The highest BCUT2D eigenvalue weighted by Gasteiger charge is 2.52. The lowest BCUT2D eigenvalue weighted by molar-refractivity contribution is 0.00578. The van der Waals surface area contributed by atoms with Crippen molar-refractivity contribution in [1.82, 2.24) is 9.97 Å². The van der Waals surface area contributed by atoms with E-state index in [1.165, 1.54) is 0 Å². The van der Waals surface area contributed by atoms with Gasteiger partial charge in [-0.25, -0.2) is 9.97 Å². The van der Waals surface area contributed by atoms with Crippen molar-refractivity contribution in [2.75, 3.05) is 7.11 Å². The predicted octanol–water partition coefficient (Wildman–Crippen LogP) is 2.89. The van der Waals surface area contributed by atoms with Crippen molar-refractivity contribution in [1.29, 1.82) is 0 Å². The van der Waals surface area contributed by atoms with Gasteiger partial charge in [-0.15, -0.1) is 0 Å². The molecule has 0 atom stereocenters. The number of rotatable bonds is 4. The smallest absolute Gasteiger partial charge is 0.497 e. The van der Waals surface area contributed by atoms with Gasteiger partial charge in [-0.1, -0.05) is 6.07 Å². The topological polar surface area (TPSA) is 62.7 Å². The number of benzene rings is 1. The van der Waals surface area contributed by atoms with Gasteiger partial charge in [0.2, 0.25) is 0 Å². The second kappa shape index (κ2) is 6.31. The molecule has 2 aromatic rings. The SMILES string of the molecule is COc1cc(Oc2nccc(C)n2)ccc1B1OC(C)(C)C(C)(C)O1. The van der Waals surface area contributed by atoms with E-state index in [4.69, 9.17) is 18.8 Å². The van der Waals surface area contributed by atoms with Gasteiger partial charge >= 0.3 is 13.1 Å². The van der Waals surface area contributed by atoms with E-state index in [1.807, 2.05) is 52.8 Å². The van der Waals surface area contributed by atoms with E-state index in [2.05, 4.69) is 9.97 Å². The Bertz CT molecular complexity index is 763. The number of ether oxygens (including phenoxy) is 2. The van der Waals surface area contributed by atoms with Crippen LogP contribution in [0.3, 0.4) is 0 Å². The average Bonchev–Trinajstić information content (AvgIpc) is 2.75. The molecule has 1 fully saturated rings. The standard InChI is InChI=1S/C18H23BN2O4/c1-12-9-10-20-16(21-12)23-13-7-8-14(15(11-13)22-6)19-24-17(2,3)18(4,5)25-19/h7-11H,1-6H3. The van der Waals surface area contributed by atoms with E-state index in [-0.39, 0.29) is 0 Å². The lowest BCUT2D eigenvalue weighted by Gasteiger charge is -2.32. The highest BCUT2D eigenvalue weighted by Crippen LogP contribution is 2.37. The highest BCUT2D eigenvalue weighted by molar-refractivity contribution is 6.63. The summed E-state index contributed by atoms with van der Waals surface area (Å²) >= 11 is 0. The fraction of sp³-hybridized carbons (Fsp3) is 0.444. The number of methoxy groups -OCH3 is 1. The average molecular weight is 342 g/mol. The Morgan fingerprint density at radius 3 is 2.32 bits per heavy atom. The number of aromatic nitrogens is 2. The molecule has 1 aliphatic rings. The molecule has 0 amide bonds. The lowest BCUT2D eigenvalue weighted by atomic mass is 9.78. The number of hydrogen-bond acceptors (Lipinski definition) is 6. The quantitative estimate of drug-likeness (QED) is 0.796. The Labute approximate surface area is 148 Å². The second-order valence-electron chi connectivity index (χ2n) is 7.07. The van der Waals surface area contributed by atoms with E-state index in [0.717, 1.165) is 11.2 Å². The van der Waals surface area contributed by atoms with Crippen molar-refractivity contribution in [3.8, 4) is 17.5 Å². The summed E-state index contributed by atoms with van der Waals surface area (Å²) in [7, 11) is 1.11. The highest BCUT2D eigenvalue weighted by atomic mass is 16.7. The molecule has 7 heteroatoms. The number of hydrogen-bond donors (Lipinski definition) is 0. The van der Waals surface area contributed by atoms with Crippen LogP contribution in [-0.4, -0.2) is 35.4 Å². The first-order valence-electron chi connectivity index (χ1n) is 8.23. The predicted molar refractivity (Wildman–Crippen MR) is 95.6 cm³/mol. The van der Waals surface area contributed by atoms with Crippen LogP contribution < -0.4 is 14.9 Å². The van der Waals surface area contributed by atoms with E-state index in [9.17, 15) is 0 Å². The first-order chi connectivity index (χ1) is 11.7. The summed E-state index contributed by atoms with van der Waals surface area (Å²) in [5.74, 6) is 1.21. The summed E-state index contributed by atoms with van der Waals surface area (Å²) in [5, 5.41) is 0. The molecule has 0 spiro atoms. The first-order valence-corrected chi connectivity index (χ1v) is 8.23. The van der Waals surface area contributed by atoms with Crippen molar-refractivity contribution in [2.24, 2.45) is 0 Å². The summed E-state index contributed by atoms with van der Waals surface area (Å²) in [6.07, 6.45) is 1.66. The van der Waals surface area contributed by atoms with Crippen molar-refractivity contribution in [3.63, 3.8) is 0 Å². The molecule has 6 nitrogen and oxygen atoms in total. The Hall–Kier alpha value is -2.12. The molecule has 0 saturated carbocycles. The van der Waals surface area contributed by atoms with Gasteiger partial charge in [0.25, 0.3) is 0 Å². The lowest BCUT2D eigenvalue weighted by Crippen LogP contribution is -2.41. The van der Waals surface area contributed by atoms with Crippen molar-refractivity contribution >= 4 is 12.6 Å². The zero-order valence-electron chi connectivity index (χ0n) is 15.5. The largest absolute Gasteiger partial charge is 0.498 e. The summed E-state index contributed by atoms with van der Waals surface area (Å²) in [6.45, 7) is 9.96. The van der Waals surface area contributed by atoms with E-state index in [0.29, 0.717) is 17.5 Å². The molecule has 0 radical (unpaired) electrons. The third-order valence-corrected chi connectivity index (χ3v) is 4.69. The molecule has 2 heterocycles. The molecule has 0 aliphatic carbocycles. The maximum atomic E-state index is 6.10. The molecular weight excluding hydrogens is 319 g/mol. The van der Waals surface area contributed by atoms with Crippen molar-refractivity contribution < 1.29 is 18.8 Å². The monoisotopic (exact) mass is 342 g/mol. The van der Waals surface area contributed by atoms with Crippen LogP contribution in [0.15, 0.2) is 30.5 Å². The second-order valence-corrected chi connectivity index (χ2v) is 7.07. The minimum Gasteiger partial charge on any atom is -0.497 e. The molecule has 1 aromatic carbocycles. The summed E-state index contributed by atoms with van der Waals surface area (Å²) < 4.78 is 23.4. The van der Waals surface area contributed by atoms with Gasteiger partial charge in [0.15, 0.2) is 0 Å².